The summed E-state index contributed by atoms with van der Waals surface area (Å²) in [7, 11) is 0. The van der Waals surface area contributed by atoms with Crippen molar-refractivity contribution in [2.45, 2.75) is 77.5 Å². The average molecular weight is 346 g/mol. The molecule has 136 valence electrons. The molecule has 8 nitrogen and oxygen atoms in total. The standard InChI is InChI=1S/C17H26N6O2/c1-14(2)16(5,6)22(24)12(18-14)10-9-11(21-20-10)13-19-15(3,4)17(7,8)23(13)25/h9H,1-8H3,(H,20,21). The second-order valence-corrected chi connectivity index (χ2v) is 8.86. The second kappa shape index (κ2) is 4.75. The van der Waals surface area contributed by atoms with Gasteiger partial charge in [-0.05, 0) is 60.1 Å². The first-order valence-corrected chi connectivity index (χ1v) is 8.43. The van der Waals surface area contributed by atoms with Gasteiger partial charge >= 0.3 is 5.84 Å². The number of hydroxylamine groups is 2. The van der Waals surface area contributed by atoms with Crippen LogP contribution in [0.5, 0.6) is 0 Å². The van der Waals surface area contributed by atoms with Crippen molar-refractivity contribution < 1.29 is 4.76 Å². The van der Waals surface area contributed by atoms with E-state index in [1.165, 1.54) is 0 Å². The lowest BCUT2D eigenvalue weighted by atomic mass is 9.84. The van der Waals surface area contributed by atoms with Crippen LogP contribution in [0.3, 0.4) is 0 Å². The molecule has 0 saturated heterocycles. The molecule has 1 aromatic rings. The van der Waals surface area contributed by atoms with E-state index in [2.05, 4.69) is 20.2 Å². The molecule has 1 aromatic heterocycles. The average Bonchev–Trinajstić information content (AvgIpc) is 3.06. The summed E-state index contributed by atoms with van der Waals surface area (Å²) in [5, 5.41) is 20.6. The molecule has 0 aromatic carbocycles. The summed E-state index contributed by atoms with van der Waals surface area (Å²) in [6.45, 7) is 15.1. The minimum Gasteiger partial charge on any atom is -0.757 e. The molecule has 2 aliphatic rings. The zero-order chi connectivity index (χ0) is 19.0. The summed E-state index contributed by atoms with van der Waals surface area (Å²) >= 11 is 0. The van der Waals surface area contributed by atoms with Crippen LogP contribution in [0.15, 0.2) is 16.1 Å². The first-order chi connectivity index (χ1) is 11.2. The molecule has 0 saturated carbocycles. The topological polar surface area (TPSA) is 99.8 Å². The highest BCUT2D eigenvalue weighted by molar-refractivity contribution is 6.02. The molecule has 0 bridgehead atoms. The Labute approximate surface area is 147 Å². The van der Waals surface area contributed by atoms with Crippen LogP contribution in [0.2, 0.25) is 0 Å². The van der Waals surface area contributed by atoms with Crippen molar-refractivity contribution in [3.05, 3.63) is 27.6 Å². The van der Waals surface area contributed by atoms with E-state index in [-0.39, 0.29) is 5.84 Å². The maximum Gasteiger partial charge on any atom is 0.382 e. The monoisotopic (exact) mass is 346 g/mol. The normalized spacial score (nSPS) is 26.0. The fourth-order valence-electron chi connectivity index (χ4n) is 2.80. The molecule has 0 atom stereocenters. The summed E-state index contributed by atoms with van der Waals surface area (Å²) in [5.74, 6) is 0.565. The van der Waals surface area contributed by atoms with Crippen molar-refractivity contribution in [3.8, 4) is 0 Å². The van der Waals surface area contributed by atoms with Gasteiger partial charge in [0.25, 0.3) is 0 Å². The minimum atomic E-state index is -0.680. The number of rotatable bonds is 2. The number of nitrogens with one attached hydrogen (secondary N) is 1. The summed E-state index contributed by atoms with van der Waals surface area (Å²) in [4.78, 5) is 21.8. The van der Waals surface area contributed by atoms with Crippen LogP contribution in [0.4, 0.5) is 0 Å². The molecule has 0 radical (unpaired) electrons. The Balaban J connectivity index is 2.00. The number of nitrogens with zero attached hydrogens (tertiary/aromatic N) is 5. The Bertz CT molecular complexity index is 813. The smallest absolute Gasteiger partial charge is 0.382 e. The van der Waals surface area contributed by atoms with E-state index in [0.29, 0.717) is 17.2 Å². The lowest BCUT2D eigenvalue weighted by Gasteiger charge is -2.45. The van der Waals surface area contributed by atoms with Gasteiger partial charge < -0.3 is 10.3 Å². The molecule has 3 heterocycles. The van der Waals surface area contributed by atoms with Crippen LogP contribution >= 0.6 is 0 Å². The second-order valence-electron chi connectivity index (χ2n) is 8.86. The molecule has 0 amide bonds. The number of hydrogen-bond donors (Lipinski definition) is 1. The van der Waals surface area contributed by atoms with Crippen LogP contribution in [-0.2, 0) is 0 Å². The number of hydrogen-bond acceptors (Lipinski definition) is 6. The van der Waals surface area contributed by atoms with Crippen LogP contribution in [-0.4, -0.2) is 53.8 Å². The van der Waals surface area contributed by atoms with Crippen molar-refractivity contribution in [1.29, 1.82) is 0 Å². The van der Waals surface area contributed by atoms with Crippen molar-refractivity contribution in [2.24, 2.45) is 9.98 Å². The molecule has 8 heteroatoms. The van der Waals surface area contributed by atoms with Crippen molar-refractivity contribution in [3.63, 3.8) is 0 Å². The third-order valence-corrected chi connectivity index (χ3v) is 6.21. The predicted molar refractivity (Wildman–Crippen MR) is 96.8 cm³/mol. The number of aliphatic imine (C=N–C) groups is 2. The Morgan fingerprint density at radius 1 is 1.04 bits per heavy atom. The van der Waals surface area contributed by atoms with Gasteiger partial charge in [-0.15, -0.1) is 0 Å². The highest BCUT2D eigenvalue weighted by Crippen LogP contribution is 2.39. The molecular weight excluding hydrogens is 320 g/mol. The van der Waals surface area contributed by atoms with E-state index >= 15 is 0 Å². The molecule has 1 N–H and O–H groups in total. The number of H-pyrrole nitrogens is 1. The number of amidine groups is 2. The highest BCUT2D eigenvalue weighted by atomic mass is 16.5. The quantitative estimate of drug-likeness (QED) is 0.832. The van der Waals surface area contributed by atoms with Crippen LogP contribution in [0.25, 0.3) is 0 Å². The number of nitroso groups, excluding NO2 is 1. The van der Waals surface area contributed by atoms with E-state index in [9.17, 15) is 10.1 Å². The number of aromatic amines is 1. The molecule has 3 rings (SSSR count). The van der Waals surface area contributed by atoms with E-state index in [4.69, 9.17) is 0 Å². The van der Waals surface area contributed by atoms with Gasteiger partial charge in [-0.1, -0.05) is 9.90 Å². The van der Waals surface area contributed by atoms with Crippen LogP contribution < -0.4 is 0 Å². The van der Waals surface area contributed by atoms with Gasteiger partial charge in [0.1, 0.15) is 11.5 Å². The Kier molecular flexibility index (Phi) is 3.37. The molecule has 0 fully saturated rings. The van der Waals surface area contributed by atoms with E-state index in [0.717, 1.165) is 9.82 Å². The third-order valence-electron chi connectivity index (χ3n) is 6.21. The van der Waals surface area contributed by atoms with Crippen LogP contribution in [0.1, 0.15) is 66.8 Å². The first kappa shape index (κ1) is 17.7. The molecule has 0 unspecified atom stereocenters. The maximum absolute atomic E-state index is 12.7. The maximum atomic E-state index is 12.7. The van der Waals surface area contributed by atoms with Gasteiger partial charge in [-0.3, -0.25) is 10.1 Å². The fourth-order valence-corrected chi connectivity index (χ4v) is 2.80. The van der Waals surface area contributed by atoms with Gasteiger partial charge in [-0.25, -0.2) is 0 Å². The summed E-state index contributed by atoms with van der Waals surface area (Å²) < 4.78 is 0.906. The largest absolute Gasteiger partial charge is 0.757 e. The highest BCUT2D eigenvalue weighted by Gasteiger charge is 2.59. The first-order valence-electron chi connectivity index (χ1n) is 8.43. The predicted octanol–water partition coefficient (Wildman–Crippen LogP) is 2.62. The zero-order valence-corrected chi connectivity index (χ0v) is 16.1. The number of aromatic nitrogens is 2. The molecule has 0 aliphatic carbocycles. The van der Waals surface area contributed by atoms with Gasteiger partial charge in [0.2, 0.25) is 0 Å². The van der Waals surface area contributed by atoms with Crippen molar-refractivity contribution in [2.75, 3.05) is 0 Å². The van der Waals surface area contributed by atoms with E-state index in [1.807, 2.05) is 55.4 Å². The Morgan fingerprint density at radius 3 is 2.08 bits per heavy atom. The van der Waals surface area contributed by atoms with Gasteiger partial charge in [0, 0.05) is 11.6 Å². The summed E-state index contributed by atoms with van der Waals surface area (Å²) in [6.07, 6.45) is 0. The zero-order valence-electron chi connectivity index (χ0n) is 16.1. The van der Waals surface area contributed by atoms with Crippen molar-refractivity contribution in [1.82, 2.24) is 15.3 Å². The minimum absolute atomic E-state index is 0.270. The Hall–Kier alpha value is -2.09. The summed E-state index contributed by atoms with van der Waals surface area (Å²) in [5.41, 5.74) is -1.52. The fraction of sp³-hybridized carbons (Fsp3) is 0.706. The molecular formula is C17H26N6O2. The molecule has 2 aliphatic heterocycles. The van der Waals surface area contributed by atoms with Crippen molar-refractivity contribution >= 4 is 11.7 Å². The molecule has 0 spiro atoms. The lowest BCUT2D eigenvalue weighted by Crippen LogP contribution is -2.50. The Morgan fingerprint density at radius 2 is 1.64 bits per heavy atom. The van der Waals surface area contributed by atoms with Gasteiger partial charge in [0.05, 0.1) is 5.54 Å². The molecule has 25 heavy (non-hydrogen) atoms. The SMILES string of the molecule is CC1(C)N=C(c2cc(C3=NC(C)(C)C(C)(C)[N+]3=O)[nH]n2)N([O-])C1(C)C. The van der Waals surface area contributed by atoms with Gasteiger partial charge in [0.15, 0.2) is 16.8 Å². The van der Waals surface area contributed by atoms with Crippen LogP contribution in [0, 0.1) is 10.1 Å². The van der Waals surface area contributed by atoms with Gasteiger partial charge in [-0.2, -0.15) is 5.10 Å². The van der Waals surface area contributed by atoms with E-state index in [1.54, 1.807) is 6.07 Å². The lowest BCUT2D eigenvalue weighted by molar-refractivity contribution is -0.514. The summed E-state index contributed by atoms with van der Waals surface area (Å²) in [6, 6.07) is 1.67. The third kappa shape index (κ3) is 2.19. The van der Waals surface area contributed by atoms with E-state index < -0.39 is 22.2 Å².